The van der Waals surface area contributed by atoms with E-state index in [9.17, 15) is 0 Å². The highest BCUT2D eigenvalue weighted by Gasteiger charge is 2.08. The van der Waals surface area contributed by atoms with Crippen molar-refractivity contribution in [3.63, 3.8) is 0 Å². The molecular weight excluding hydrogens is 218 g/mol. The number of amidine groups is 1. The number of aromatic nitrogens is 2. The van der Waals surface area contributed by atoms with Crippen LogP contribution in [0.5, 0.6) is 0 Å². The number of fused-ring (bicyclic) bond motifs is 1. The Morgan fingerprint density at radius 3 is 3.24 bits per heavy atom. The summed E-state index contributed by atoms with van der Waals surface area (Å²) in [6, 6.07) is 5.83. The minimum absolute atomic E-state index is 0.556. The van der Waals surface area contributed by atoms with Gasteiger partial charge in [0.2, 0.25) is 0 Å². The summed E-state index contributed by atoms with van der Waals surface area (Å²) in [4.78, 5) is 4.33. The first-order valence-electron chi connectivity index (χ1n) is 5.29. The summed E-state index contributed by atoms with van der Waals surface area (Å²) in [6.45, 7) is 1.12. The maximum Gasteiger partial charge on any atom is 0.146 e. The normalized spacial score (nSPS) is 12.0. The van der Waals surface area contributed by atoms with Crippen molar-refractivity contribution < 1.29 is 4.74 Å². The Hall–Kier alpha value is -1.92. The molecule has 0 saturated heterocycles. The fourth-order valence-corrected chi connectivity index (χ4v) is 1.57. The van der Waals surface area contributed by atoms with Gasteiger partial charge in [0.15, 0.2) is 0 Å². The van der Waals surface area contributed by atoms with Crippen molar-refractivity contribution in [2.24, 2.45) is 10.8 Å². The number of hydrazine groups is 1. The second-order valence-electron chi connectivity index (χ2n) is 3.46. The van der Waals surface area contributed by atoms with Crippen molar-refractivity contribution in [3.8, 4) is 0 Å². The van der Waals surface area contributed by atoms with Crippen molar-refractivity contribution in [2.45, 2.75) is 0 Å². The molecule has 0 unspecified atom stereocenters. The molecule has 2 aromatic rings. The molecule has 2 aromatic heterocycles. The zero-order valence-corrected chi connectivity index (χ0v) is 9.63. The van der Waals surface area contributed by atoms with Gasteiger partial charge in [-0.05, 0) is 12.1 Å². The topological polar surface area (TPSA) is 76.9 Å². The van der Waals surface area contributed by atoms with E-state index in [1.807, 2.05) is 24.4 Å². The van der Waals surface area contributed by atoms with Gasteiger partial charge in [0, 0.05) is 13.3 Å². The lowest BCUT2D eigenvalue weighted by Crippen LogP contribution is -2.31. The molecule has 0 fully saturated rings. The molecule has 0 atom stereocenters. The fourth-order valence-electron chi connectivity index (χ4n) is 1.57. The second-order valence-corrected chi connectivity index (χ2v) is 3.46. The highest BCUT2D eigenvalue weighted by atomic mass is 16.5. The van der Waals surface area contributed by atoms with Gasteiger partial charge in [-0.15, -0.1) is 0 Å². The Bertz CT molecular complexity index is 519. The van der Waals surface area contributed by atoms with Gasteiger partial charge in [0.25, 0.3) is 0 Å². The molecule has 0 bridgehead atoms. The zero-order valence-electron chi connectivity index (χ0n) is 9.63. The van der Waals surface area contributed by atoms with Crippen molar-refractivity contribution >= 4 is 11.4 Å². The van der Waals surface area contributed by atoms with Gasteiger partial charge >= 0.3 is 0 Å². The van der Waals surface area contributed by atoms with Crippen LogP contribution in [-0.2, 0) is 4.74 Å². The Balaban J connectivity index is 2.33. The first-order valence-corrected chi connectivity index (χ1v) is 5.29. The van der Waals surface area contributed by atoms with Crippen LogP contribution in [0.2, 0.25) is 0 Å². The average molecular weight is 233 g/mol. The van der Waals surface area contributed by atoms with E-state index in [2.05, 4.69) is 15.5 Å². The number of nitrogens with zero attached hydrogens (tertiary/aromatic N) is 3. The third-order valence-corrected chi connectivity index (χ3v) is 2.38. The number of methoxy groups -OCH3 is 1. The van der Waals surface area contributed by atoms with Gasteiger partial charge in [-0.2, -0.15) is 5.10 Å². The minimum Gasteiger partial charge on any atom is -0.383 e. The van der Waals surface area contributed by atoms with Crippen molar-refractivity contribution in [1.82, 2.24) is 15.0 Å². The smallest absolute Gasteiger partial charge is 0.146 e. The van der Waals surface area contributed by atoms with Crippen LogP contribution in [-0.4, -0.2) is 35.7 Å². The monoisotopic (exact) mass is 233 g/mol. The molecule has 0 amide bonds. The lowest BCUT2D eigenvalue weighted by molar-refractivity contribution is 0.208. The molecular formula is C11H15N5O. The maximum atomic E-state index is 5.48. The molecule has 0 aliphatic rings. The Morgan fingerprint density at radius 1 is 1.59 bits per heavy atom. The van der Waals surface area contributed by atoms with Crippen LogP contribution in [0.1, 0.15) is 5.56 Å². The first kappa shape index (κ1) is 11.6. The van der Waals surface area contributed by atoms with Crippen LogP contribution < -0.4 is 11.3 Å². The molecule has 0 spiro atoms. The van der Waals surface area contributed by atoms with Crippen LogP contribution in [0, 0.1) is 0 Å². The predicted octanol–water partition coefficient (Wildman–Crippen LogP) is 0.191. The van der Waals surface area contributed by atoms with Crippen molar-refractivity contribution in [1.29, 1.82) is 0 Å². The Kier molecular flexibility index (Phi) is 3.69. The van der Waals surface area contributed by atoms with Crippen molar-refractivity contribution in [3.05, 3.63) is 36.2 Å². The maximum absolute atomic E-state index is 5.48. The standard InChI is InChI=1S/C11H15N5O/c1-17-7-5-13-11(15-12)9-8-14-16-6-3-2-4-10(9)16/h2-4,6,8H,5,7,12H2,1H3,(H,13,15). The molecule has 90 valence electrons. The zero-order chi connectivity index (χ0) is 12.1. The third kappa shape index (κ3) is 2.43. The molecule has 0 radical (unpaired) electrons. The van der Waals surface area contributed by atoms with E-state index < -0.39 is 0 Å². The SMILES string of the molecule is COCCN=C(NN)c1cnn2ccccc12. The summed E-state index contributed by atoms with van der Waals surface area (Å²) in [5.74, 6) is 6.09. The molecule has 3 N–H and O–H groups in total. The fraction of sp³-hybridized carbons (Fsp3) is 0.273. The number of rotatable bonds is 4. The van der Waals surface area contributed by atoms with Gasteiger partial charge in [-0.1, -0.05) is 6.07 Å². The van der Waals surface area contributed by atoms with Crippen LogP contribution in [0.15, 0.2) is 35.6 Å². The van der Waals surface area contributed by atoms with Gasteiger partial charge < -0.3 is 10.2 Å². The lowest BCUT2D eigenvalue weighted by atomic mass is 10.2. The number of hydrogen-bond donors (Lipinski definition) is 2. The largest absolute Gasteiger partial charge is 0.383 e. The van der Waals surface area contributed by atoms with E-state index in [-0.39, 0.29) is 0 Å². The summed E-state index contributed by atoms with van der Waals surface area (Å²) < 4.78 is 6.72. The quantitative estimate of drug-likeness (QED) is 0.260. The van der Waals surface area contributed by atoms with Gasteiger partial charge in [0.1, 0.15) is 5.84 Å². The summed E-state index contributed by atoms with van der Waals surface area (Å²) in [5, 5.41) is 4.22. The minimum atomic E-state index is 0.556. The van der Waals surface area contributed by atoms with E-state index >= 15 is 0 Å². The summed E-state index contributed by atoms with van der Waals surface area (Å²) in [6.07, 6.45) is 3.61. The number of ether oxygens (including phenoxy) is 1. The molecule has 0 saturated carbocycles. The van der Waals surface area contributed by atoms with Crippen LogP contribution in [0.25, 0.3) is 5.52 Å². The number of hydrogen-bond acceptors (Lipinski definition) is 4. The van der Waals surface area contributed by atoms with E-state index in [1.54, 1.807) is 17.8 Å². The number of nitrogens with one attached hydrogen (secondary N) is 1. The Morgan fingerprint density at radius 2 is 2.47 bits per heavy atom. The van der Waals surface area contributed by atoms with E-state index in [0.29, 0.717) is 19.0 Å². The predicted molar refractivity (Wildman–Crippen MR) is 65.8 cm³/mol. The number of aliphatic imine (C=N–C) groups is 1. The molecule has 0 aliphatic carbocycles. The second kappa shape index (κ2) is 5.42. The highest BCUT2D eigenvalue weighted by Crippen LogP contribution is 2.09. The lowest BCUT2D eigenvalue weighted by Gasteiger charge is -2.04. The van der Waals surface area contributed by atoms with E-state index in [0.717, 1.165) is 11.1 Å². The molecule has 17 heavy (non-hydrogen) atoms. The van der Waals surface area contributed by atoms with Crippen LogP contribution in [0.3, 0.4) is 0 Å². The summed E-state index contributed by atoms with van der Waals surface area (Å²) in [5.41, 5.74) is 4.44. The average Bonchev–Trinajstić information content (AvgIpc) is 2.79. The van der Waals surface area contributed by atoms with Crippen molar-refractivity contribution in [2.75, 3.05) is 20.3 Å². The molecule has 0 aliphatic heterocycles. The van der Waals surface area contributed by atoms with Gasteiger partial charge in [0.05, 0.1) is 30.4 Å². The van der Waals surface area contributed by atoms with Gasteiger partial charge in [-0.3, -0.25) is 4.99 Å². The number of nitrogens with two attached hydrogens (primary N) is 1. The molecule has 0 aromatic carbocycles. The van der Waals surface area contributed by atoms with Gasteiger partial charge in [-0.25, -0.2) is 10.4 Å². The molecule has 2 heterocycles. The number of pyridine rings is 1. The van der Waals surface area contributed by atoms with Crippen LogP contribution >= 0.6 is 0 Å². The molecule has 2 rings (SSSR count). The Labute approximate surface area is 99.1 Å². The van der Waals surface area contributed by atoms with E-state index in [1.165, 1.54) is 0 Å². The molecule has 6 heteroatoms. The third-order valence-electron chi connectivity index (χ3n) is 2.38. The summed E-state index contributed by atoms with van der Waals surface area (Å²) >= 11 is 0. The molecule has 6 nitrogen and oxygen atoms in total. The highest BCUT2D eigenvalue weighted by molar-refractivity contribution is 6.04. The van der Waals surface area contributed by atoms with E-state index in [4.69, 9.17) is 10.6 Å². The summed E-state index contributed by atoms with van der Waals surface area (Å²) in [7, 11) is 1.64. The van der Waals surface area contributed by atoms with Crippen LogP contribution in [0.4, 0.5) is 0 Å². The first-order chi connectivity index (χ1) is 8.36.